The highest BCUT2D eigenvalue weighted by atomic mass is 16.6. The van der Waals surface area contributed by atoms with Crippen molar-refractivity contribution in [2.45, 2.75) is 6.92 Å². The van der Waals surface area contributed by atoms with Gasteiger partial charge in [0, 0.05) is 24.5 Å². The monoisotopic (exact) mass is 272 g/mol. The second-order valence-electron chi connectivity index (χ2n) is 3.94. The second kappa shape index (κ2) is 5.92. The van der Waals surface area contributed by atoms with E-state index in [2.05, 4.69) is 4.98 Å². The van der Waals surface area contributed by atoms with Gasteiger partial charge < -0.3 is 4.74 Å². The molecule has 0 saturated heterocycles. The summed E-state index contributed by atoms with van der Waals surface area (Å²) in [5, 5.41) is 12.1. The van der Waals surface area contributed by atoms with E-state index in [4.69, 9.17) is 4.74 Å². The topological polar surface area (TPSA) is 82.3 Å². The highest BCUT2D eigenvalue weighted by Gasteiger charge is 2.13. The van der Waals surface area contributed by atoms with Crippen LogP contribution in [-0.2, 0) is 9.53 Å². The van der Waals surface area contributed by atoms with Crippen molar-refractivity contribution in [3.05, 3.63) is 52.3 Å². The highest BCUT2D eigenvalue weighted by molar-refractivity contribution is 5.98. The summed E-state index contributed by atoms with van der Waals surface area (Å²) >= 11 is 0. The Morgan fingerprint density at radius 2 is 2.20 bits per heavy atom. The number of benzene rings is 1. The summed E-state index contributed by atoms with van der Waals surface area (Å²) < 4.78 is 4.79. The number of nitro groups is 1. The minimum atomic E-state index is -0.456. The number of aromatic nitrogens is 1. The number of carbonyl (C=O) groups excluding carboxylic acids is 1. The first kappa shape index (κ1) is 13.7. The number of pyridine rings is 1. The molecule has 0 aliphatic carbocycles. The third-order valence-electron chi connectivity index (χ3n) is 2.71. The summed E-state index contributed by atoms with van der Waals surface area (Å²) in [7, 11) is 0. The maximum atomic E-state index is 11.3. The molecule has 0 aliphatic heterocycles. The molecule has 6 nitrogen and oxygen atoms in total. The molecule has 0 fully saturated rings. The number of nitrogens with zero attached hydrogens (tertiary/aromatic N) is 2. The van der Waals surface area contributed by atoms with Gasteiger partial charge in [0.15, 0.2) is 0 Å². The highest BCUT2D eigenvalue weighted by Crippen LogP contribution is 2.28. The predicted octanol–water partition coefficient (Wildman–Crippen LogP) is 2.72. The fraction of sp³-hybridized carbons (Fsp3) is 0.143. The standard InChI is InChI=1S/C14H12N2O4/c1-2-20-14(17)6-4-10-3-5-13(16(18)19)12-9-15-8-7-11(10)12/h3-9H,2H2,1H3. The summed E-state index contributed by atoms with van der Waals surface area (Å²) in [5.74, 6) is -0.451. The molecule has 6 heteroatoms. The van der Waals surface area contributed by atoms with E-state index >= 15 is 0 Å². The Morgan fingerprint density at radius 3 is 2.90 bits per heavy atom. The predicted molar refractivity (Wildman–Crippen MR) is 74.1 cm³/mol. The van der Waals surface area contributed by atoms with E-state index in [9.17, 15) is 14.9 Å². The Balaban J connectivity index is 2.48. The van der Waals surface area contributed by atoms with Gasteiger partial charge in [0.25, 0.3) is 5.69 Å². The quantitative estimate of drug-likeness (QED) is 0.370. The Kier molecular flexibility index (Phi) is 4.05. The maximum absolute atomic E-state index is 11.3. The number of rotatable bonds is 4. The van der Waals surface area contributed by atoms with Gasteiger partial charge in [-0.3, -0.25) is 15.1 Å². The molecule has 0 amide bonds. The van der Waals surface area contributed by atoms with Gasteiger partial charge in [0.1, 0.15) is 0 Å². The molecular formula is C14H12N2O4. The van der Waals surface area contributed by atoms with Crippen LogP contribution in [0.3, 0.4) is 0 Å². The third kappa shape index (κ3) is 2.80. The number of carbonyl (C=O) groups is 1. The molecule has 2 rings (SSSR count). The van der Waals surface area contributed by atoms with Crippen LogP contribution in [0.5, 0.6) is 0 Å². The largest absolute Gasteiger partial charge is 0.463 e. The van der Waals surface area contributed by atoms with Crippen molar-refractivity contribution in [1.82, 2.24) is 4.98 Å². The molecule has 102 valence electrons. The first-order chi connectivity index (χ1) is 9.63. The van der Waals surface area contributed by atoms with E-state index in [1.54, 1.807) is 31.3 Å². The number of fused-ring (bicyclic) bond motifs is 1. The molecule has 20 heavy (non-hydrogen) atoms. The van der Waals surface area contributed by atoms with Crippen LogP contribution in [0.2, 0.25) is 0 Å². The van der Waals surface area contributed by atoms with Crippen LogP contribution in [0.15, 0.2) is 36.7 Å². The zero-order chi connectivity index (χ0) is 14.5. The van der Waals surface area contributed by atoms with Crippen LogP contribution in [0.1, 0.15) is 12.5 Å². The van der Waals surface area contributed by atoms with Crippen molar-refractivity contribution >= 4 is 28.5 Å². The first-order valence-corrected chi connectivity index (χ1v) is 5.99. The van der Waals surface area contributed by atoms with E-state index in [0.717, 1.165) is 0 Å². The summed E-state index contributed by atoms with van der Waals surface area (Å²) in [5.41, 5.74) is 0.683. The molecule has 0 spiro atoms. The number of hydrogen-bond donors (Lipinski definition) is 0. The van der Waals surface area contributed by atoms with E-state index < -0.39 is 10.9 Å². The van der Waals surface area contributed by atoms with Gasteiger partial charge in [0.2, 0.25) is 0 Å². The lowest BCUT2D eigenvalue weighted by Crippen LogP contribution is -1.98. The second-order valence-corrected chi connectivity index (χ2v) is 3.94. The third-order valence-corrected chi connectivity index (χ3v) is 2.71. The number of ether oxygens (including phenoxy) is 1. The SMILES string of the molecule is CCOC(=O)C=Cc1ccc([N+](=O)[O-])c2cnccc12. The number of non-ortho nitro benzene ring substituents is 1. The summed E-state index contributed by atoms with van der Waals surface area (Å²) in [4.78, 5) is 25.7. The van der Waals surface area contributed by atoms with Gasteiger partial charge in [-0.15, -0.1) is 0 Å². The van der Waals surface area contributed by atoms with Crippen molar-refractivity contribution in [2.75, 3.05) is 6.61 Å². The normalized spacial score (nSPS) is 10.8. The molecule has 0 bridgehead atoms. The molecule has 0 unspecified atom stereocenters. The van der Waals surface area contributed by atoms with Crippen molar-refractivity contribution < 1.29 is 14.5 Å². The van der Waals surface area contributed by atoms with E-state index in [1.807, 2.05) is 0 Å². The summed E-state index contributed by atoms with van der Waals surface area (Å²) in [6.07, 6.45) is 5.86. The van der Waals surface area contributed by atoms with Crippen LogP contribution in [-0.4, -0.2) is 22.5 Å². The Morgan fingerprint density at radius 1 is 1.40 bits per heavy atom. The molecular weight excluding hydrogens is 260 g/mol. The Bertz CT molecular complexity index is 695. The number of hydrogen-bond acceptors (Lipinski definition) is 5. The van der Waals surface area contributed by atoms with Gasteiger partial charge in [-0.05, 0) is 36.1 Å². The fourth-order valence-electron chi connectivity index (χ4n) is 1.85. The smallest absolute Gasteiger partial charge is 0.330 e. The number of nitro benzene ring substituents is 1. The minimum absolute atomic E-state index is 0.0126. The molecule has 1 aromatic carbocycles. The summed E-state index contributed by atoms with van der Waals surface area (Å²) in [6, 6.07) is 4.66. The molecule has 1 aromatic heterocycles. The van der Waals surface area contributed by atoms with Gasteiger partial charge in [-0.25, -0.2) is 4.79 Å². The zero-order valence-electron chi connectivity index (χ0n) is 10.8. The average molecular weight is 272 g/mol. The lowest BCUT2D eigenvalue weighted by molar-refractivity contribution is -0.383. The van der Waals surface area contributed by atoms with Gasteiger partial charge >= 0.3 is 5.97 Å². The van der Waals surface area contributed by atoms with Crippen LogP contribution in [0, 0.1) is 10.1 Å². The molecule has 2 aromatic rings. The lowest BCUT2D eigenvalue weighted by Gasteiger charge is -2.03. The van der Waals surface area contributed by atoms with E-state index in [0.29, 0.717) is 22.9 Å². The molecule has 0 aliphatic rings. The fourth-order valence-corrected chi connectivity index (χ4v) is 1.85. The van der Waals surface area contributed by atoms with E-state index in [1.165, 1.54) is 18.3 Å². The van der Waals surface area contributed by atoms with Crippen LogP contribution >= 0.6 is 0 Å². The molecule has 0 atom stereocenters. The van der Waals surface area contributed by atoms with Crippen molar-refractivity contribution in [3.63, 3.8) is 0 Å². The van der Waals surface area contributed by atoms with Crippen LogP contribution < -0.4 is 0 Å². The van der Waals surface area contributed by atoms with Crippen molar-refractivity contribution in [1.29, 1.82) is 0 Å². The Hall–Kier alpha value is -2.76. The van der Waals surface area contributed by atoms with Gasteiger partial charge in [-0.2, -0.15) is 0 Å². The average Bonchev–Trinajstić information content (AvgIpc) is 2.44. The molecule has 0 N–H and O–H groups in total. The van der Waals surface area contributed by atoms with Crippen molar-refractivity contribution in [3.8, 4) is 0 Å². The van der Waals surface area contributed by atoms with E-state index in [-0.39, 0.29) is 5.69 Å². The summed E-state index contributed by atoms with van der Waals surface area (Å²) in [6.45, 7) is 2.02. The van der Waals surface area contributed by atoms with Crippen LogP contribution in [0.4, 0.5) is 5.69 Å². The van der Waals surface area contributed by atoms with Crippen molar-refractivity contribution in [2.24, 2.45) is 0 Å². The Labute approximate surface area is 114 Å². The maximum Gasteiger partial charge on any atom is 0.330 e. The molecule has 1 heterocycles. The molecule has 0 saturated carbocycles. The lowest BCUT2D eigenvalue weighted by atomic mass is 10.0. The first-order valence-electron chi connectivity index (χ1n) is 5.99. The van der Waals surface area contributed by atoms with Crippen LogP contribution in [0.25, 0.3) is 16.8 Å². The zero-order valence-corrected chi connectivity index (χ0v) is 10.8. The van der Waals surface area contributed by atoms with Gasteiger partial charge in [0.05, 0.1) is 16.9 Å². The number of esters is 1. The molecule has 0 radical (unpaired) electrons. The minimum Gasteiger partial charge on any atom is -0.463 e. The van der Waals surface area contributed by atoms with Gasteiger partial charge in [-0.1, -0.05) is 0 Å².